The molecular weight excluding hydrogens is 268 g/mol. The van der Waals surface area contributed by atoms with Crippen molar-refractivity contribution in [2.45, 2.75) is 58.5 Å². The highest BCUT2D eigenvalue weighted by atomic mass is 16.2. The third-order valence-electron chi connectivity index (χ3n) is 3.88. The molecular formula is C15H30N4O2. The van der Waals surface area contributed by atoms with Crippen LogP contribution in [-0.4, -0.2) is 48.1 Å². The Morgan fingerprint density at radius 1 is 1.33 bits per heavy atom. The molecule has 0 saturated carbocycles. The van der Waals surface area contributed by atoms with Crippen LogP contribution < -0.4 is 16.4 Å². The van der Waals surface area contributed by atoms with Crippen LogP contribution in [0.4, 0.5) is 4.79 Å². The van der Waals surface area contributed by atoms with Crippen molar-refractivity contribution in [1.82, 2.24) is 15.5 Å². The fraction of sp³-hybridized carbons (Fsp3) is 0.867. The Kier molecular flexibility index (Phi) is 6.61. The number of nitrogens with two attached hydrogens (primary N) is 1. The zero-order valence-corrected chi connectivity index (χ0v) is 13.7. The topological polar surface area (TPSA) is 87.5 Å². The lowest BCUT2D eigenvalue weighted by Gasteiger charge is -2.38. The van der Waals surface area contributed by atoms with Gasteiger partial charge in [0.2, 0.25) is 5.91 Å². The molecule has 1 rings (SSSR count). The Labute approximate surface area is 127 Å². The highest BCUT2D eigenvalue weighted by Crippen LogP contribution is 2.24. The van der Waals surface area contributed by atoms with Crippen molar-refractivity contribution in [3.05, 3.63) is 0 Å². The molecule has 1 fully saturated rings. The molecule has 6 heteroatoms. The van der Waals surface area contributed by atoms with Gasteiger partial charge in [-0.2, -0.15) is 0 Å². The van der Waals surface area contributed by atoms with Crippen molar-refractivity contribution in [3.63, 3.8) is 0 Å². The molecule has 1 saturated heterocycles. The van der Waals surface area contributed by atoms with E-state index in [0.29, 0.717) is 12.5 Å². The van der Waals surface area contributed by atoms with Crippen molar-refractivity contribution < 1.29 is 9.59 Å². The maximum atomic E-state index is 12.0. The summed E-state index contributed by atoms with van der Waals surface area (Å²) in [6, 6.07) is -0.208. The normalized spacial score (nSPS) is 23.7. The highest BCUT2D eigenvalue weighted by Gasteiger charge is 2.28. The smallest absolute Gasteiger partial charge is 0.321 e. The van der Waals surface area contributed by atoms with Gasteiger partial charge < -0.3 is 11.1 Å². The first-order chi connectivity index (χ1) is 9.75. The molecule has 0 bridgehead atoms. The molecule has 2 atom stereocenters. The lowest BCUT2D eigenvalue weighted by atomic mass is 9.89. The molecule has 6 nitrogen and oxygen atoms in total. The van der Waals surface area contributed by atoms with Gasteiger partial charge in [0.1, 0.15) is 0 Å². The molecule has 21 heavy (non-hydrogen) atoms. The standard InChI is InChI=1S/C15H30N4O2/c1-5-11-6-7-19(12(8-11)9-16)10-13(20)17-14(21)18-15(2,3)4/h11-12H,5-10,16H2,1-4H3,(H2,17,18,20,21). The summed E-state index contributed by atoms with van der Waals surface area (Å²) in [6.07, 6.45) is 3.29. The van der Waals surface area contributed by atoms with Crippen LogP contribution in [0.15, 0.2) is 0 Å². The summed E-state index contributed by atoms with van der Waals surface area (Å²) in [7, 11) is 0. The number of likely N-dealkylation sites (tertiary alicyclic amines) is 1. The number of imide groups is 1. The van der Waals surface area contributed by atoms with Crippen molar-refractivity contribution in [1.29, 1.82) is 0 Å². The Hall–Kier alpha value is -1.14. The number of rotatable bonds is 4. The van der Waals surface area contributed by atoms with Gasteiger partial charge in [-0.05, 0) is 46.1 Å². The van der Waals surface area contributed by atoms with Crippen LogP contribution in [0.1, 0.15) is 47.0 Å². The van der Waals surface area contributed by atoms with Gasteiger partial charge in [0.25, 0.3) is 0 Å². The van der Waals surface area contributed by atoms with Gasteiger partial charge in [-0.25, -0.2) is 4.79 Å². The first kappa shape index (κ1) is 17.9. The monoisotopic (exact) mass is 298 g/mol. The number of nitrogens with zero attached hydrogens (tertiary/aromatic N) is 1. The molecule has 1 aliphatic heterocycles. The van der Waals surface area contributed by atoms with E-state index in [2.05, 4.69) is 22.5 Å². The second-order valence-corrected chi connectivity index (χ2v) is 6.91. The second-order valence-electron chi connectivity index (χ2n) is 6.91. The molecule has 0 aromatic heterocycles. The quantitative estimate of drug-likeness (QED) is 0.724. The van der Waals surface area contributed by atoms with Crippen LogP contribution in [0.2, 0.25) is 0 Å². The first-order valence-corrected chi connectivity index (χ1v) is 7.81. The number of nitrogens with one attached hydrogen (secondary N) is 2. The van der Waals surface area contributed by atoms with E-state index in [1.807, 2.05) is 20.8 Å². The van der Waals surface area contributed by atoms with E-state index in [9.17, 15) is 9.59 Å². The SMILES string of the molecule is CCC1CCN(CC(=O)NC(=O)NC(C)(C)C)C(CN)C1. The van der Waals surface area contributed by atoms with Crippen LogP contribution in [-0.2, 0) is 4.79 Å². The lowest BCUT2D eigenvalue weighted by molar-refractivity contribution is -0.122. The largest absolute Gasteiger partial charge is 0.333 e. The Morgan fingerprint density at radius 3 is 2.52 bits per heavy atom. The molecule has 0 aliphatic carbocycles. The first-order valence-electron chi connectivity index (χ1n) is 7.81. The van der Waals surface area contributed by atoms with E-state index in [-0.39, 0.29) is 24.0 Å². The van der Waals surface area contributed by atoms with Gasteiger partial charge in [-0.15, -0.1) is 0 Å². The number of amides is 3. The average molecular weight is 298 g/mol. The van der Waals surface area contributed by atoms with Gasteiger partial charge >= 0.3 is 6.03 Å². The zero-order chi connectivity index (χ0) is 16.0. The summed E-state index contributed by atoms with van der Waals surface area (Å²) in [5.41, 5.74) is 5.46. The van der Waals surface area contributed by atoms with Crippen LogP contribution in [0.25, 0.3) is 0 Å². The number of carbonyl (C=O) groups excluding carboxylic acids is 2. The van der Waals surface area contributed by atoms with Gasteiger partial charge in [-0.1, -0.05) is 13.3 Å². The highest BCUT2D eigenvalue weighted by molar-refractivity contribution is 5.95. The van der Waals surface area contributed by atoms with E-state index < -0.39 is 6.03 Å². The minimum Gasteiger partial charge on any atom is -0.333 e. The Bertz CT molecular complexity index is 365. The number of hydrogen-bond donors (Lipinski definition) is 3. The van der Waals surface area contributed by atoms with E-state index in [1.54, 1.807) is 0 Å². The molecule has 122 valence electrons. The van der Waals surface area contributed by atoms with Crippen molar-refractivity contribution >= 4 is 11.9 Å². The predicted molar refractivity (Wildman–Crippen MR) is 83.9 cm³/mol. The molecule has 4 N–H and O–H groups in total. The number of urea groups is 1. The molecule has 1 aliphatic rings. The summed E-state index contributed by atoms with van der Waals surface area (Å²) in [5, 5.41) is 5.10. The van der Waals surface area contributed by atoms with Crippen LogP contribution in [0.3, 0.4) is 0 Å². The predicted octanol–water partition coefficient (Wildman–Crippen LogP) is 1.06. The molecule has 0 aromatic carbocycles. The maximum Gasteiger partial charge on any atom is 0.321 e. The van der Waals surface area contributed by atoms with Gasteiger partial charge in [-0.3, -0.25) is 15.0 Å². The average Bonchev–Trinajstić information content (AvgIpc) is 2.36. The van der Waals surface area contributed by atoms with Gasteiger partial charge in [0.15, 0.2) is 0 Å². The number of carbonyl (C=O) groups is 2. The molecule has 1 heterocycles. The summed E-state index contributed by atoms with van der Waals surface area (Å²) in [4.78, 5) is 25.7. The van der Waals surface area contributed by atoms with E-state index in [1.165, 1.54) is 0 Å². The number of hydrogen-bond acceptors (Lipinski definition) is 4. The summed E-state index contributed by atoms with van der Waals surface area (Å²) in [6.45, 7) is 9.46. The lowest BCUT2D eigenvalue weighted by Crippen LogP contribution is -2.53. The maximum absolute atomic E-state index is 12.0. The molecule has 0 spiro atoms. The van der Waals surface area contributed by atoms with Crippen molar-refractivity contribution in [2.24, 2.45) is 11.7 Å². The third-order valence-corrected chi connectivity index (χ3v) is 3.88. The summed E-state index contributed by atoms with van der Waals surface area (Å²) < 4.78 is 0. The van der Waals surface area contributed by atoms with E-state index >= 15 is 0 Å². The Balaban J connectivity index is 2.45. The third kappa shape index (κ3) is 6.44. The van der Waals surface area contributed by atoms with Crippen LogP contribution >= 0.6 is 0 Å². The van der Waals surface area contributed by atoms with Crippen molar-refractivity contribution in [2.75, 3.05) is 19.6 Å². The second kappa shape index (κ2) is 7.75. The van der Waals surface area contributed by atoms with Gasteiger partial charge in [0.05, 0.1) is 6.54 Å². The fourth-order valence-electron chi connectivity index (χ4n) is 2.73. The van der Waals surface area contributed by atoms with Gasteiger partial charge in [0, 0.05) is 18.1 Å². The summed E-state index contributed by atoms with van der Waals surface area (Å²) >= 11 is 0. The van der Waals surface area contributed by atoms with Crippen molar-refractivity contribution in [3.8, 4) is 0 Å². The van der Waals surface area contributed by atoms with Crippen LogP contribution in [0, 0.1) is 5.92 Å². The number of piperidine rings is 1. The minimum atomic E-state index is -0.444. The summed E-state index contributed by atoms with van der Waals surface area (Å²) in [5.74, 6) is 0.423. The fourth-order valence-corrected chi connectivity index (χ4v) is 2.73. The zero-order valence-electron chi connectivity index (χ0n) is 13.7. The minimum absolute atomic E-state index is 0.232. The molecule has 3 amide bonds. The van der Waals surface area contributed by atoms with Crippen LogP contribution in [0.5, 0.6) is 0 Å². The van der Waals surface area contributed by atoms with E-state index in [4.69, 9.17) is 5.73 Å². The molecule has 0 radical (unpaired) electrons. The molecule has 0 aromatic rings. The Morgan fingerprint density at radius 2 is 2.00 bits per heavy atom. The molecule has 2 unspecified atom stereocenters. The van der Waals surface area contributed by atoms with E-state index in [0.717, 1.165) is 25.8 Å².